The third kappa shape index (κ3) is 6.38. The van der Waals surface area contributed by atoms with Gasteiger partial charge in [-0.15, -0.1) is 0 Å². The fourth-order valence-electron chi connectivity index (χ4n) is 3.55. The Balaban J connectivity index is 1.98. The SMILES string of the molecule is COCCn1c(SC(C)C(=O)c2ccc(C)c(C)c2)nc2cc(C(=O)NCC(C)C)ccc2c1=O. The number of carbonyl (C=O) groups excluding carboxylic acids is 2. The molecule has 0 aliphatic heterocycles. The molecule has 0 saturated heterocycles. The van der Waals surface area contributed by atoms with E-state index in [1.54, 1.807) is 29.9 Å². The second-order valence-electron chi connectivity index (χ2n) is 9.10. The van der Waals surface area contributed by atoms with Gasteiger partial charge < -0.3 is 10.1 Å². The largest absolute Gasteiger partial charge is 0.383 e. The third-order valence-electron chi connectivity index (χ3n) is 5.82. The van der Waals surface area contributed by atoms with Crippen LogP contribution in [0.2, 0.25) is 0 Å². The van der Waals surface area contributed by atoms with E-state index in [-0.39, 0.29) is 17.2 Å². The predicted molar refractivity (Wildman–Crippen MR) is 141 cm³/mol. The van der Waals surface area contributed by atoms with Crippen LogP contribution >= 0.6 is 11.8 Å². The molecular weight excluding hydrogens is 462 g/mol. The van der Waals surface area contributed by atoms with Gasteiger partial charge in [-0.2, -0.15) is 0 Å². The lowest BCUT2D eigenvalue weighted by Crippen LogP contribution is -2.28. The van der Waals surface area contributed by atoms with E-state index < -0.39 is 5.25 Å². The van der Waals surface area contributed by atoms with Gasteiger partial charge in [-0.3, -0.25) is 19.0 Å². The molecule has 7 nitrogen and oxygen atoms in total. The van der Waals surface area contributed by atoms with Crippen LogP contribution in [0.5, 0.6) is 0 Å². The molecule has 3 rings (SSSR count). The smallest absolute Gasteiger partial charge is 0.262 e. The van der Waals surface area contributed by atoms with Crippen molar-refractivity contribution in [1.29, 1.82) is 0 Å². The molecular formula is C27H33N3O4S. The van der Waals surface area contributed by atoms with E-state index in [2.05, 4.69) is 5.32 Å². The Morgan fingerprint density at radius 1 is 1.06 bits per heavy atom. The molecule has 8 heteroatoms. The van der Waals surface area contributed by atoms with Crippen molar-refractivity contribution in [2.75, 3.05) is 20.3 Å². The van der Waals surface area contributed by atoms with E-state index in [0.717, 1.165) is 11.1 Å². The zero-order valence-electron chi connectivity index (χ0n) is 21.2. The minimum Gasteiger partial charge on any atom is -0.383 e. The quantitative estimate of drug-likeness (QED) is 0.255. The highest BCUT2D eigenvalue weighted by molar-refractivity contribution is 8.00. The van der Waals surface area contributed by atoms with Gasteiger partial charge in [0.25, 0.3) is 11.5 Å². The van der Waals surface area contributed by atoms with Crippen LogP contribution in [0.4, 0.5) is 0 Å². The van der Waals surface area contributed by atoms with Crippen molar-refractivity contribution >= 4 is 34.4 Å². The summed E-state index contributed by atoms with van der Waals surface area (Å²) in [4.78, 5) is 43.7. The Morgan fingerprint density at radius 3 is 2.43 bits per heavy atom. The summed E-state index contributed by atoms with van der Waals surface area (Å²) >= 11 is 1.24. The van der Waals surface area contributed by atoms with Gasteiger partial charge in [0.05, 0.1) is 29.3 Å². The van der Waals surface area contributed by atoms with Crippen molar-refractivity contribution in [2.24, 2.45) is 5.92 Å². The highest BCUT2D eigenvalue weighted by Gasteiger charge is 2.21. The van der Waals surface area contributed by atoms with E-state index in [4.69, 9.17) is 9.72 Å². The van der Waals surface area contributed by atoms with E-state index in [1.165, 1.54) is 11.8 Å². The summed E-state index contributed by atoms with van der Waals surface area (Å²) in [5.41, 5.74) is 3.44. The van der Waals surface area contributed by atoms with Crippen LogP contribution in [-0.2, 0) is 11.3 Å². The molecule has 0 spiro atoms. The Labute approximate surface area is 210 Å². The van der Waals surface area contributed by atoms with Crippen LogP contribution in [0, 0.1) is 19.8 Å². The van der Waals surface area contributed by atoms with Crippen LogP contribution < -0.4 is 10.9 Å². The maximum Gasteiger partial charge on any atom is 0.262 e. The molecule has 0 radical (unpaired) electrons. The molecule has 1 atom stereocenters. The first kappa shape index (κ1) is 26.6. The van der Waals surface area contributed by atoms with E-state index >= 15 is 0 Å². The minimum absolute atomic E-state index is 0.0347. The molecule has 2 aromatic carbocycles. The van der Waals surface area contributed by atoms with E-state index in [1.807, 2.05) is 52.8 Å². The summed E-state index contributed by atoms with van der Waals surface area (Å²) in [7, 11) is 1.57. The Bertz CT molecular complexity index is 1300. The molecule has 1 amide bonds. The standard InChI is InChI=1S/C27H33N3O4S/c1-16(2)15-28-25(32)21-9-10-22-23(14-21)29-27(30(26(22)33)11-12-34-6)35-19(5)24(31)20-8-7-17(3)18(4)13-20/h7-10,13-14,16,19H,11-12,15H2,1-6H3,(H,28,32). The second kappa shape index (κ2) is 11.6. The average Bonchev–Trinajstić information content (AvgIpc) is 2.83. The van der Waals surface area contributed by atoms with Crippen molar-refractivity contribution in [3.8, 4) is 0 Å². The number of ketones is 1. The number of benzene rings is 2. The summed E-state index contributed by atoms with van der Waals surface area (Å²) < 4.78 is 6.73. The first-order valence-corrected chi connectivity index (χ1v) is 12.6. The fourth-order valence-corrected chi connectivity index (χ4v) is 4.56. The number of carbonyl (C=O) groups is 2. The number of Topliss-reactive ketones (excluding diaryl/α,β-unsaturated/α-hetero) is 1. The number of nitrogens with zero attached hydrogens (tertiary/aromatic N) is 2. The van der Waals surface area contributed by atoms with Gasteiger partial charge in [0.1, 0.15) is 0 Å². The topological polar surface area (TPSA) is 90.3 Å². The van der Waals surface area contributed by atoms with Crippen molar-refractivity contribution < 1.29 is 14.3 Å². The number of ether oxygens (including phenoxy) is 1. The lowest BCUT2D eigenvalue weighted by molar-refractivity contribution is 0.0948. The van der Waals surface area contributed by atoms with E-state index in [0.29, 0.717) is 52.8 Å². The number of nitrogens with one attached hydrogen (secondary N) is 1. The third-order valence-corrected chi connectivity index (χ3v) is 6.91. The molecule has 35 heavy (non-hydrogen) atoms. The number of hydrogen-bond acceptors (Lipinski definition) is 6. The molecule has 186 valence electrons. The average molecular weight is 496 g/mol. The van der Waals surface area contributed by atoms with Crippen molar-refractivity contribution in [3.05, 3.63) is 69.0 Å². The molecule has 1 aromatic heterocycles. The molecule has 3 aromatic rings. The van der Waals surface area contributed by atoms with Gasteiger partial charge >= 0.3 is 0 Å². The minimum atomic E-state index is -0.465. The summed E-state index contributed by atoms with van der Waals surface area (Å²) in [5.74, 6) is 0.0795. The Hall–Kier alpha value is -2.97. The summed E-state index contributed by atoms with van der Waals surface area (Å²) in [6.07, 6.45) is 0. The fraction of sp³-hybridized carbons (Fsp3) is 0.407. The van der Waals surface area contributed by atoms with Crippen LogP contribution in [0.1, 0.15) is 52.6 Å². The zero-order chi connectivity index (χ0) is 25.7. The maximum absolute atomic E-state index is 13.3. The highest BCUT2D eigenvalue weighted by Crippen LogP contribution is 2.26. The van der Waals surface area contributed by atoms with Gasteiger partial charge in [0.15, 0.2) is 10.9 Å². The number of fused-ring (bicyclic) bond motifs is 1. The van der Waals surface area contributed by atoms with E-state index in [9.17, 15) is 14.4 Å². The number of thioether (sulfide) groups is 1. The van der Waals surface area contributed by atoms with Gasteiger partial charge in [-0.05, 0) is 62.1 Å². The summed E-state index contributed by atoms with van der Waals surface area (Å²) in [6, 6.07) is 10.6. The van der Waals surface area contributed by atoms with Crippen molar-refractivity contribution in [1.82, 2.24) is 14.9 Å². The van der Waals surface area contributed by atoms with Crippen LogP contribution in [0.25, 0.3) is 10.9 Å². The molecule has 0 saturated carbocycles. The summed E-state index contributed by atoms with van der Waals surface area (Å²) in [5, 5.41) is 3.26. The first-order chi connectivity index (χ1) is 16.6. The molecule has 0 aliphatic carbocycles. The molecule has 1 unspecified atom stereocenters. The normalized spacial score (nSPS) is 12.2. The first-order valence-electron chi connectivity index (χ1n) is 11.7. The maximum atomic E-state index is 13.3. The van der Waals surface area contributed by atoms with Gasteiger partial charge in [0.2, 0.25) is 0 Å². The number of rotatable bonds is 10. The monoisotopic (exact) mass is 495 g/mol. The van der Waals surface area contributed by atoms with Crippen molar-refractivity contribution in [2.45, 2.75) is 51.6 Å². The van der Waals surface area contributed by atoms with Crippen LogP contribution in [0.3, 0.4) is 0 Å². The van der Waals surface area contributed by atoms with Crippen LogP contribution in [0.15, 0.2) is 46.3 Å². The number of aryl methyl sites for hydroxylation is 2. The number of aromatic nitrogens is 2. The molecule has 1 heterocycles. The van der Waals surface area contributed by atoms with Gasteiger partial charge in [-0.25, -0.2) is 4.98 Å². The summed E-state index contributed by atoms with van der Waals surface area (Å²) in [6.45, 7) is 11.0. The number of amides is 1. The Kier molecular flexibility index (Phi) is 8.86. The number of methoxy groups -OCH3 is 1. The van der Waals surface area contributed by atoms with Gasteiger partial charge in [0, 0.05) is 24.8 Å². The molecule has 0 bridgehead atoms. The van der Waals surface area contributed by atoms with Gasteiger partial charge in [-0.1, -0.05) is 37.7 Å². The molecule has 0 fully saturated rings. The lowest BCUT2D eigenvalue weighted by atomic mass is 10.0. The molecule has 1 N–H and O–H groups in total. The Morgan fingerprint density at radius 2 is 1.77 bits per heavy atom. The second-order valence-corrected chi connectivity index (χ2v) is 10.4. The van der Waals surface area contributed by atoms with Crippen molar-refractivity contribution in [3.63, 3.8) is 0 Å². The number of hydrogen-bond donors (Lipinski definition) is 1. The zero-order valence-corrected chi connectivity index (χ0v) is 22.0. The molecule has 0 aliphatic rings. The highest BCUT2D eigenvalue weighted by atomic mass is 32.2. The van der Waals surface area contributed by atoms with Crippen LogP contribution in [-0.4, -0.2) is 46.8 Å². The lowest BCUT2D eigenvalue weighted by Gasteiger charge is -2.16. The predicted octanol–water partition coefficient (Wildman–Crippen LogP) is 4.41.